The maximum absolute atomic E-state index is 12.8. The van der Waals surface area contributed by atoms with Crippen molar-refractivity contribution in [3.05, 3.63) is 12.7 Å². The van der Waals surface area contributed by atoms with Gasteiger partial charge in [0, 0.05) is 26.2 Å². The molecule has 3 rings (SSSR count). The van der Waals surface area contributed by atoms with Crippen molar-refractivity contribution in [1.82, 2.24) is 19.7 Å². The smallest absolute Gasteiger partial charge is 0.228 e. The molecule has 1 aromatic rings. The van der Waals surface area contributed by atoms with E-state index >= 15 is 0 Å². The highest BCUT2D eigenvalue weighted by Gasteiger charge is 2.35. The molecular formula is C16H26N4O2. The van der Waals surface area contributed by atoms with Crippen molar-refractivity contribution in [2.45, 2.75) is 51.7 Å². The Balaban J connectivity index is 1.51. The molecule has 0 N–H and O–H groups in total. The van der Waals surface area contributed by atoms with E-state index < -0.39 is 0 Å². The number of aromatic nitrogens is 3. The maximum atomic E-state index is 12.8. The van der Waals surface area contributed by atoms with Crippen LogP contribution in [-0.2, 0) is 16.1 Å². The molecule has 22 heavy (non-hydrogen) atoms. The van der Waals surface area contributed by atoms with Crippen LogP contribution in [0.1, 0.15) is 39.0 Å². The van der Waals surface area contributed by atoms with Crippen LogP contribution in [0.5, 0.6) is 0 Å². The number of amides is 1. The molecule has 6 nitrogen and oxygen atoms in total. The highest BCUT2D eigenvalue weighted by molar-refractivity contribution is 5.79. The monoisotopic (exact) mass is 306 g/mol. The zero-order valence-corrected chi connectivity index (χ0v) is 13.4. The van der Waals surface area contributed by atoms with Crippen LogP contribution in [0.3, 0.4) is 0 Å². The Bertz CT molecular complexity index is 469. The Hall–Kier alpha value is -1.43. The molecule has 1 aromatic heterocycles. The molecule has 2 aliphatic heterocycles. The molecule has 0 saturated carbocycles. The van der Waals surface area contributed by atoms with Gasteiger partial charge in [-0.25, -0.2) is 4.98 Å². The third kappa shape index (κ3) is 3.48. The normalized spacial score (nSPS) is 27.0. The minimum atomic E-state index is 0.0746. The van der Waals surface area contributed by atoms with E-state index in [9.17, 15) is 4.79 Å². The average molecular weight is 306 g/mol. The first-order valence-electron chi connectivity index (χ1n) is 8.50. The summed E-state index contributed by atoms with van der Waals surface area (Å²) < 4.78 is 7.67. The number of rotatable bonds is 4. The van der Waals surface area contributed by atoms with E-state index in [0.717, 1.165) is 58.3 Å². The number of carbonyl (C=O) groups is 1. The van der Waals surface area contributed by atoms with Crippen LogP contribution in [0.25, 0.3) is 0 Å². The predicted octanol–water partition coefficient (Wildman–Crippen LogP) is 1.72. The molecule has 1 amide bonds. The third-order valence-electron chi connectivity index (χ3n) is 5.00. The van der Waals surface area contributed by atoms with Crippen LogP contribution < -0.4 is 0 Å². The van der Waals surface area contributed by atoms with Crippen molar-refractivity contribution in [3.8, 4) is 0 Å². The van der Waals surface area contributed by atoms with Crippen LogP contribution >= 0.6 is 0 Å². The Morgan fingerprint density at radius 3 is 2.82 bits per heavy atom. The van der Waals surface area contributed by atoms with E-state index in [0.29, 0.717) is 11.8 Å². The number of piperidine rings is 1. The third-order valence-corrected chi connectivity index (χ3v) is 5.00. The molecule has 122 valence electrons. The van der Waals surface area contributed by atoms with Gasteiger partial charge < -0.3 is 9.64 Å². The Labute approximate surface area is 131 Å². The van der Waals surface area contributed by atoms with Crippen LogP contribution in [0.4, 0.5) is 0 Å². The summed E-state index contributed by atoms with van der Waals surface area (Å²) >= 11 is 0. The molecule has 2 fully saturated rings. The van der Waals surface area contributed by atoms with E-state index in [-0.39, 0.29) is 12.0 Å². The molecule has 3 heterocycles. The first-order chi connectivity index (χ1) is 10.8. The van der Waals surface area contributed by atoms with Crippen LogP contribution in [0.2, 0.25) is 0 Å². The Morgan fingerprint density at radius 1 is 1.32 bits per heavy atom. The molecule has 0 bridgehead atoms. The second kappa shape index (κ2) is 7.22. The van der Waals surface area contributed by atoms with Gasteiger partial charge in [-0.3, -0.25) is 9.48 Å². The van der Waals surface area contributed by atoms with Crippen molar-refractivity contribution >= 4 is 5.91 Å². The molecular weight excluding hydrogens is 280 g/mol. The lowest BCUT2D eigenvalue weighted by atomic mass is 9.89. The van der Waals surface area contributed by atoms with Crippen molar-refractivity contribution in [2.24, 2.45) is 11.8 Å². The van der Waals surface area contributed by atoms with Crippen molar-refractivity contribution < 1.29 is 9.53 Å². The van der Waals surface area contributed by atoms with Gasteiger partial charge in [-0.1, -0.05) is 6.92 Å². The lowest BCUT2D eigenvalue weighted by Crippen LogP contribution is -2.47. The van der Waals surface area contributed by atoms with Crippen LogP contribution in [0.15, 0.2) is 12.7 Å². The second-order valence-electron chi connectivity index (χ2n) is 6.45. The van der Waals surface area contributed by atoms with Gasteiger partial charge in [-0.15, -0.1) is 0 Å². The molecule has 0 aromatic carbocycles. The summed E-state index contributed by atoms with van der Waals surface area (Å²) in [7, 11) is 0. The van der Waals surface area contributed by atoms with Crippen LogP contribution in [0, 0.1) is 11.8 Å². The maximum Gasteiger partial charge on any atom is 0.228 e. The molecule has 0 spiro atoms. The number of likely N-dealkylation sites (tertiary alicyclic amines) is 1. The van der Waals surface area contributed by atoms with Crippen molar-refractivity contribution in [1.29, 1.82) is 0 Å². The summed E-state index contributed by atoms with van der Waals surface area (Å²) in [5.41, 5.74) is 0. The topological polar surface area (TPSA) is 60.2 Å². The summed E-state index contributed by atoms with van der Waals surface area (Å²) in [5.74, 6) is 0.978. The highest BCUT2D eigenvalue weighted by atomic mass is 16.5. The standard InChI is InChI=1S/C16H26N4O2/c1-2-15-14(4-3-9-22-15)16(21)19-7-5-13(6-8-19)10-20-12-17-11-18-20/h11-15H,2-10H2,1H3/t14-,15+/m0/s1. The van der Waals surface area contributed by atoms with Gasteiger partial charge in [-0.2, -0.15) is 5.10 Å². The molecule has 2 aliphatic rings. The van der Waals surface area contributed by atoms with Crippen LogP contribution in [-0.4, -0.2) is 51.4 Å². The molecule has 6 heteroatoms. The summed E-state index contributed by atoms with van der Waals surface area (Å²) in [6, 6.07) is 0. The Kier molecular flexibility index (Phi) is 5.08. The summed E-state index contributed by atoms with van der Waals surface area (Å²) in [6.07, 6.45) is 8.49. The quantitative estimate of drug-likeness (QED) is 0.850. The second-order valence-corrected chi connectivity index (χ2v) is 6.45. The minimum Gasteiger partial charge on any atom is -0.377 e. The van der Waals surface area contributed by atoms with E-state index in [1.54, 1.807) is 12.7 Å². The van der Waals surface area contributed by atoms with Gasteiger partial charge in [-0.05, 0) is 38.0 Å². The van der Waals surface area contributed by atoms with E-state index in [1.165, 1.54) is 0 Å². The van der Waals surface area contributed by atoms with Gasteiger partial charge in [0.2, 0.25) is 5.91 Å². The highest BCUT2D eigenvalue weighted by Crippen LogP contribution is 2.27. The summed E-state index contributed by atoms with van der Waals surface area (Å²) in [4.78, 5) is 18.8. The summed E-state index contributed by atoms with van der Waals surface area (Å²) in [5, 5.41) is 4.17. The molecule has 0 aliphatic carbocycles. The van der Waals surface area contributed by atoms with Crippen molar-refractivity contribution in [3.63, 3.8) is 0 Å². The first kappa shape index (κ1) is 15.5. The molecule has 2 atom stereocenters. The number of hydrogen-bond donors (Lipinski definition) is 0. The SMILES string of the molecule is CC[C@H]1OCCC[C@@H]1C(=O)N1CCC(Cn2cncn2)CC1. The van der Waals surface area contributed by atoms with Gasteiger partial charge in [0.25, 0.3) is 0 Å². The van der Waals surface area contributed by atoms with Gasteiger partial charge >= 0.3 is 0 Å². The van der Waals surface area contributed by atoms with Crippen molar-refractivity contribution in [2.75, 3.05) is 19.7 Å². The van der Waals surface area contributed by atoms with E-state index in [4.69, 9.17) is 4.74 Å². The first-order valence-corrected chi connectivity index (χ1v) is 8.50. The van der Waals surface area contributed by atoms with E-state index in [1.807, 2.05) is 4.68 Å². The zero-order valence-electron chi connectivity index (χ0n) is 13.4. The lowest BCUT2D eigenvalue weighted by molar-refractivity contribution is -0.146. The fourth-order valence-electron chi connectivity index (χ4n) is 3.69. The van der Waals surface area contributed by atoms with Gasteiger partial charge in [0.1, 0.15) is 12.7 Å². The molecule has 2 saturated heterocycles. The largest absolute Gasteiger partial charge is 0.377 e. The number of hydrogen-bond acceptors (Lipinski definition) is 4. The number of nitrogens with zero attached hydrogens (tertiary/aromatic N) is 4. The average Bonchev–Trinajstić information content (AvgIpc) is 3.08. The fourth-order valence-corrected chi connectivity index (χ4v) is 3.69. The minimum absolute atomic E-state index is 0.0746. The van der Waals surface area contributed by atoms with Gasteiger partial charge in [0.05, 0.1) is 12.0 Å². The zero-order chi connectivity index (χ0) is 15.4. The lowest BCUT2D eigenvalue weighted by Gasteiger charge is -2.37. The predicted molar refractivity (Wildman–Crippen MR) is 82.1 cm³/mol. The number of carbonyl (C=O) groups excluding carboxylic acids is 1. The fraction of sp³-hybridized carbons (Fsp3) is 0.812. The van der Waals surface area contributed by atoms with E-state index in [2.05, 4.69) is 21.9 Å². The van der Waals surface area contributed by atoms with Gasteiger partial charge in [0.15, 0.2) is 0 Å². The molecule has 0 unspecified atom stereocenters. The Morgan fingerprint density at radius 2 is 2.14 bits per heavy atom. The summed E-state index contributed by atoms with van der Waals surface area (Å²) in [6.45, 7) is 5.56. The molecule has 0 radical (unpaired) electrons. The number of ether oxygens (including phenoxy) is 1.